The molecule has 1 heterocycles. The van der Waals surface area contributed by atoms with Gasteiger partial charge in [0.1, 0.15) is 6.33 Å². The van der Waals surface area contributed by atoms with E-state index in [2.05, 4.69) is 16.3 Å². The molecule has 0 bridgehead atoms. The fourth-order valence-electron chi connectivity index (χ4n) is 0.350. The zero-order valence-electron chi connectivity index (χ0n) is 4.50. The molecule has 1 aromatic rings. The molecule has 0 aromatic carbocycles. The monoisotopic (exact) mass is 146 g/mol. The standard InChI is InChI=1S/C4H6N2S2/c1-2-7-4-5-3-6-8-4/h3H,2H2,1H3. The third-order valence-electron chi connectivity index (χ3n) is 0.609. The van der Waals surface area contributed by atoms with Gasteiger partial charge in [0.15, 0.2) is 4.34 Å². The predicted molar refractivity (Wildman–Crippen MR) is 36.3 cm³/mol. The molecule has 8 heavy (non-hydrogen) atoms. The summed E-state index contributed by atoms with van der Waals surface area (Å²) in [6, 6.07) is 0. The molecule has 0 spiro atoms. The van der Waals surface area contributed by atoms with Crippen molar-refractivity contribution in [2.45, 2.75) is 11.3 Å². The molecule has 0 fully saturated rings. The van der Waals surface area contributed by atoms with Crippen LogP contribution in [0.3, 0.4) is 0 Å². The van der Waals surface area contributed by atoms with E-state index in [9.17, 15) is 0 Å². The number of rotatable bonds is 2. The van der Waals surface area contributed by atoms with E-state index in [4.69, 9.17) is 0 Å². The Morgan fingerprint density at radius 1 is 1.88 bits per heavy atom. The van der Waals surface area contributed by atoms with Gasteiger partial charge >= 0.3 is 0 Å². The van der Waals surface area contributed by atoms with Crippen molar-refractivity contribution >= 4 is 23.3 Å². The number of aromatic nitrogens is 2. The molecule has 0 aliphatic rings. The van der Waals surface area contributed by atoms with Gasteiger partial charge in [-0.1, -0.05) is 18.7 Å². The number of hydrogen-bond acceptors (Lipinski definition) is 4. The fourth-order valence-corrected chi connectivity index (χ4v) is 1.69. The second-order valence-corrected chi connectivity index (χ2v) is 3.43. The summed E-state index contributed by atoms with van der Waals surface area (Å²) in [4.78, 5) is 3.98. The van der Waals surface area contributed by atoms with Crippen molar-refractivity contribution in [3.8, 4) is 0 Å². The summed E-state index contributed by atoms with van der Waals surface area (Å²) in [5, 5.41) is 0. The van der Waals surface area contributed by atoms with Crippen LogP contribution in [0, 0.1) is 0 Å². The van der Waals surface area contributed by atoms with Gasteiger partial charge in [-0.05, 0) is 17.3 Å². The smallest absolute Gasteiger partial charge is 0.169 e. The summed E-state index contributed by atoms with van der Waals surface area (Å²) >= 11 is 3.18. The van der Waals surface area contributed by atoms with Crippen LogP contribution in [0.15, 0.2) is 10.7 Å². The minimum Gasteiger partial charge on any atom is -0.216 e. The molecule has 0 atom stereocenters. The van der Waals surface area contributed by atoms with Crippen molar-refractivity contribution in [2.24, 2.45) is 0 Å². The van der Waals surface area contributed by atoms with Gasteiger partial charge < -0.3 is 0 Å². The second-order valence-electron chi connectivity index (χ2n) is 1.14. The maximum absolute atomic E-state index is 3.98. The van der Waals surface area contributed by atoms with E-state index in [0.29, 0.717) is 0 Å². The molecule has 2 nitrogen and oxygen atoms in total. The first-order chi connectivity index (χ1) is 3.93. The first-order valence-corrected chi connectivity index (χ1v) is 4.09. The van der Waals surface area contributed by atoms with Crippen molar-refractivity contribution < 1.29 is 0 Å². The Labute approximate surface area is 56.5 Å². The fraction of sp³-hybridized carbons (Fsp3) is 0.500. The van der Waals surface area contributed by atoms with Gasteiger partial charge in [0, 0.05) is 0 Å². The minimum atomic E-state index is 1.06. The van der Waals surface area contributed by atoms with Gasteiger partial charge in [-0.15, -0.1) is 0 Å². The summed E-state index contributed by atoms with van der Waals surface area (Å²) in [6.07, 6.45) is 1.59. The largest absolute Gasteiger partial charge is 0.216 e. The van der Waals surface area contributed by atoms with E-state index in [1.165, 1.54) is 11.5 Å². The molecule has 0 unspecified atom stereocenters. The van der Waals surface area contributed by atoms with Gasteiger partial charge in [0.05, 0.1) is 0 Å². The highest BCUT2D eigenvalue weighted by Gasteiger charge is 1.91. The van der Waals surface area contributed by atoms with E-state index in [1.54, 1.807) is 18.1 Å². The summed E-state index contributed by atoms with van der Waals surface area (Å²) in [7, 11) is 0. The molecule has 0 amide bonds. The molecular weight excluding hydrogens is 140 g/mol. The third kappa shape index (κ3) is 1.45. The van der Waals surface area contributed by atoms with Crippen molar-refractivity contribution in [3.63, 3.8) is 0 Å². The molecule has 0 N–H and O–H groups in total. The lowest BCUT2D eigenvalue weighted by molar-refractivity contribution is 1.21. The van der Waals surface area contributed by atoms with Crippen LogP contribution in [-0.2, 0) is 0 Å². The maximum Gasteiger partial charge on any atom is 0.169 e. The van der Waals surface area contributed by atoms with E-state index >= 15 is 0 Å². The quantitative estimate of drug-likeness (QED) is 0.593. The summed E-state index contributed by atoms with van der Waals surface area (Å²) in [5.74, 6) is 1.08. The predicted octanol–water partition coefficient (Wildman–Crippen LogP) is 1.65. The van der Waals surface area contributed by atoms with Gasteiger partial charge in [-0.3, -0.25) is 0 Å². The molecular formula is C4H6N2S2. The van der Waals surface area contributed by atoms with Crippen LogP contribution < -0.4 is 0 Å². The number of nitrogens with zero attached hydrogens (tertiary/aromatic N) is 2. The van der Waals surface area contributed by atoms with Crippen molar-refractivity contribution in [2.75, 3.05) is 5.75 Å². The average Bonchev–Trinajstić information content (AvgIpc) is 2.19. The molecule has 0 aliphatic heterocycles. The minimum absolute atomic E-state index is 1.06. The lowest BCUT2D eigenvalue weighted by atomic mass is 11.0. The van der Waals surface area contributed by atoms with Crippen LogP contribution in [0.25, 0.3) is 0 Å². The van der Waals surface area contributed by atoms with Crippen LogP contribution in [0.1, 0.15) is 6.92 Å². The molecule has 4 heteroatoms. The highest BCUT2D eigenvalue weighted by Crippen LogP contribution is 2.16. The van der Waals surface area contributed by atoms with Crippen LogP contribution in [0.4, 0.5) is 0 Å². The average molecular weight is 146 g/mol. The first-order valence-electron chi connectivity index (χ1n) is 2.33. The zero-order chi connectivity index (χ0) is 5.82. The SMILES string of the molecule is CCSc1ncns1. The number of thioether (sulfide) groups is 1. The molecule has 0 saturated carbocycles. The van der Waals surface area contributed by atoms with Crippen LogP contribution in [-0.4, -0.2) is 15.1 Å². The third-order valence-corrected chi connectivity index (χ3v) is 2.29. The molecule has 1 aromatic heterocycles. The molecule has 0 saturated heterocycles. The van der Waals surface area contributed by atoms with E-state index in [1.807, 2.05) is 0 Å². The Kier molecular flexibility index (Phi) is 2.29. The molecule has 1 rings (SSSR count). The Hall–Kier alpha value is -0.0900. The summed E-state index contributed by atoms with van der Waals surface area (Å²) < 4.78 is 4.91. The van der Waals surface area contributed by atoms with Crippen LogP contribution in [0.5, 0.6) is 0 Å². The topological polar surface area (TPSA) is 25.8 Å². The molecule has 0 aliphatic carbocycles. The normalized spacial score (nSPS) is 9.62. The van der Waals surface area contributed by atoms with Crippen molar-refractivity contribution in [3.05, 3.63) is 6.33 Å². The van der Waals surface area contributed by atoms with E-state index < -0.39 is 0 Å². The molecule has 44 valence electrons. The molecule has 0 radical (unpaired) electrons. The van der Waals surface area contributed by atoms with Crippen LogP contribution >= 0.6 is 23.3 Å². The Balaban J connectivity index is 2.50. The van der Waals surface area contributed by atoms with E-state index in [0.717, 1.165) is 10.1 Å². The van der Waals surface area contributed by atoms with Gasteiger partial charge in [-0.25, -0.2) is 4.98 Å². The van der Waals surface area contributed by atoms with E-state index in [-0.39, 0.29) is 0 Å². The Morgan fingerprint density at radius 3 is 3.25 bits per heavy atom. The highest BCUT2D eigenvalue weighted by molar-refractivity contribution is 8.00. The lowest BCUT2D eigenvalue weighted by Crippen LogP contribution is -1.65. The van der Waals surface area contributed by atoms with Crippen LogP contribution in [0.2, 0.25) is 0 Å². The zero-order valence-corrected chi connectivity index (χ0v) is 6.13. The lowest BCUT2D eigenvalue weighted by Gasteiger charge is -1.82. The number of hydrogen-bond donors (Lipinski definition) is 0. The Morgan fingerprint density at radius 2 is 2.75 bits per heavy atom. The maximum atomic E-state index is 3.98. The van der Waals surface area contributed by atoms with Gasteiger partial charge in [-0.2, -0.15) is 4.37 Å². The van der Waals surface area contributed by atoms with Crippen molar-refractivity contribution in [1.82, 2.24) is 9.36 Å². The van der Waals surface area contributed by atoms with Gasteiger partial charge in [0.25, 0.3) is 0 Å². The first kappa shape index (κ1) is 6.04. The van der Waals surface area contributed by atoms with Crippen molar-refractivity contribution in [1.29, 1.82) is 0 Å². The summed E-state index contributed by atoms with van der Waals surface area (Å²) in [6.45, 7) is 2.10. The highest BCUT2D eigenvalue weighted by atomic mass is 32.2. The Bertz CT molecular complexity index is 138. The second kappa shape index (κ2) is 3.04. The summed E-state index contributed by atoms with van der Waals surface area (Å²) in [5.41, 5.74) is 0. The van der Waals surface area contributed by atoms with Gasteiger partial charge in [0.2, 0.25) is 0 Å².